The number of piperidine rings is 1. The Balaban J connectivity index is 0.985. The van der Waals surface area contributed by atoms with Crippen molar-refractivity contribution < 1.29 is 18.8 Å². The Hall–Kier alpha value is -2.58. The van der Waals surface area contributed by atoms with Crippen molar-refractivity contribution in [3.63, 3.8) is 0 Å². The maximum atomic E-state index is 13.1. The van der Waals surface area contributed by atoms with Gasteiger partial charge in [0.05, 0.1) is 12.3 Å². The van der Waals surface area contributed by atoms with Crippen LogP contribution >= 0.6 is 11.8 Å². The minimum Gasteiger partial charge on any atom is -0.464 e. The van der Waals surface area contributed by atoms with Crippen LogP contribution in [-0.2, 0) is 28.4 Å². The highest BCUT2D eigenvalue weighted by Gasteiger charge is 2.50. The molecular weight excluding hydrogens is 486 g/mol. The van der Waals surface area contributed by atoms with Crippen LogP contribution in [0.15, 0.2) is 39.6 Å². The molecule has 8 rings (SSSR count). The second-order valence-electron chi connectivity index (χ2n) is 11.9. The molecule has 2 aliphatic heterocycles. The molecule has 7 nitrogen and oxygen atoms in total. The largest absolute Gasteiger partial charge is 0.464 e. The van der Waals surface area contributed by atoms with Crippen LogP contribution in [0.25, 0.3) is 0 Å². The summed E-state index contributed by atoms with van der Waals surface area (Å²) in [4.78, 5) is 39.6. The Labute approximate surface area is 221 Å². The van der Waals surface area contributed by atoms with Crippen molar-refractivity contribution in [3.8, 4) is 0 Å². The first-order valence-corrected chi connectivity index (χ1v) is 14.7. The molecule has 4 aliphatic carbocycles. The van der Waals surface area contributed by atoms with Gasteiger partial charge in [0.2, 0.25) is 11.8 Å². The number of nitrogens with zero attached hydrogens (tertiary/aromatic N) is 1. The van der Waals surface area contributed by atoms with Gasteiger partial charge >= 0.3 is 0 Å². The predicted molar refractivity (Wildman–Crippen MR) is 138 cm³/mol. The van der Waals surface area contributed by atoms with E-state index in [4.69, 9.17) is 4.42 Å². The molecule has 3 heterocycles. The molecule has 8 heteroatoms. The first-order valence-electron chi connectivity index (χ1n) is 13.7. The number of furan rings is 1. The number of hydrogen-bond acceptors (Lipinski definition) is 6. The van der Waals surface area contributed by atoms with Crippen LogP contribution in [-0.4, -0.2) is 34.2 Å². The fraction of sp³-hybridized carbons (Fsp3) is 0.552. The van der Waals surface area contributed by atoms with Crippen molar-refractivity contribution in [2.24, 2.45) is 17.8 Å². The molecule has 4 bridgehead atoms. The first kappa shape index (κ1) is 23.5. The van der Waals surface area contributed by atoms with Crippen molar-refractivity contribution in [2.75, 3.05) is 0 Å². The van der Waals surface area contributed by atoms with Crippen LogP contribution in [0.5, 0.6) is 0 Å². The van der Waals surface area contributed by atoms with Crippen LogP contribution in [0.1, 0.15) is 78.8 Å². The minimum atomic E-state index is -0.593. The van der Waals surface area contributed by atoms with E-state index in [1.54, 1.807) is 16.7 Å². The molecule has 6 aliphatic rings. The molecule has 4 saturated carbocycles. The first-order chi connectivity index (χ1) is 17.9. The lowest BCUT2D eigenvalue weighted by molar-refractivity contribution is -0.136. The van der Waals surface area contributed by atoms with Crippen LogP contribution in [0.4, 0.5) is 0 Å². The maximum Gasteiger partial charge on any atom is 0.255 e. The van der Waals surface area contributed by atoms with Crippen molar-refractivity contribution in [1.82, 2.24) is 15.5 Å². The molecule has 194 valence electrons. The highest BCUT2D eigenvalue weighted by molar-refractivity contribution is 7.98. The monoisotopic (exact) mass is 519 g/mol. The van der Waals surface area contributed by atoms with E-state index >= 15 is 0 Å². The normalized spacial score (nSPS) is 32.2. The second kappa shape index (κ2) is 9.02. The van der Waals surface area contributed by atoms with E-state index in [0.717, 1.165) is 46.3 Å². The van der Waals surface area contributed by atoms with Gasteiger partial charge < -0.3 is 14.6 Å². The number of hydrogen-bond donors (Lipinski definition) is 2. The lowest BCUT2D eigenvalue weighted by Gasteiger charge is -2.57. The van der Waals surface area contributed by atoms with E-state index in [1.165, 1.54) is 38.5 Å². The Kier molecular flexibility index (Phi) is 5.73. The molecule has 5 fully saturated rings. The van der Waals surface area contributed by atoms with Gasteiger partial charge in [-0.15, -0.1) is 11.8 Å². The van der Waals surface area contributed by atoms with Crippen LogP contribution in [0.2, 0.25) is 0 Å². The molecule has 1 atom stereocenters. The third-order valence-electron chi connectivity index (χ3n) is 9.30. The molecule has 1 unspecified atom stereocenters. The van der Waals surface area contributed by atoms with E-state index in [9.17, 15) is 14.4 Å². The van der Waals surface area contributed by atoms with E-state index in [-0.39, 0.29) is 24.1 Å². The number of imide groups is 1. The van der Waals surface area contributed by atoms with E-state index in [2.05, 4.69) is 22.8 Å². The molecule has 2 aromatic rings. The molecule has 1 aromatic carbocycles. The highest BCUT2D eigenvalue weighted by atomic mass is 32.2. The molecule has 1 aromatic heterocycles. The lowest BCUT2D eigenvalue weighted by atomic mass is 9.53. The Morgan fingerprint density at radius 2 is 1.73 bits per heavy atom. The number of benzene rings is 1. The van der Waals surface area contributed by atoms with Gasteiger partial charge in [-0.2, -0.15) is 0 Å². The number of thioether (sulfide) groups is 1. The van der Waals surface area contributed by atoms with E-state index < -0.39 is 6.04 Å². The fourth-order valence-corrected chi connectivity index (χ4v) is 9.01. The lowest BCUT2D eigenvalue weighted by Crippen LogP contribution is -2.58. The predicted octanol–water partition coefficient (Wildman–Crippen LogP) is 4.39. The van der Waals surface area contributed by atoms with E-state index in [1.807, 2.05) is 18.2 Å². The van der Waals surface area contributed by atoms with Crippen LogP contribution < -0.4 is 10.6 Å². The van der Waals surface area contributed by atoms with Gasteiger partial charge in [-0.1, -0.05) is 6.07 Å². The van der Waals surface area contributed by atoms with Gasteiger partial charge in [-0.3, -0.25) is 19.7 Å². The molecule has 1 saturated heterocycles. The SMILES string of the molecule is O=C1CCC(N2Cc3c(SCc4ccc(CNC56CC7CC(CC(C7)C5)C6)o4)cccc3C2=O)C(=O)N1. The van der Waals surface area contributed by atoms with Gasteiger partial charge in [0.25, 0.3) is 5.91 Å². The van der Waals surface area contributed by atoms with Crippen LogP contribution in [0, 0.1) is 17.8 Å². The van der Waals surface area contributed by atoms with Crippen molar-refractivity contribution >= 4 is 29.5 Å². The zero-order chi connectivity index (χ0) is 25.1. The summed E-state index contributed by atoms with van der Waals surface area (Å²) in [5, 5.41) is 6.28. The average Bonchev–Trinajstić information content (AvgIpc) is 3.45. The summed E-state index contributed by atoms with van der Waals surface area (Å²) in [6.07, 6.45) is 8.97. The van der Waals surface area contributed by atoms with Gasteiger partial charge in [0, 0.05) is 29.0 Å². The topological polar surface area (TPSA) is 91.7 Å². The van der Waals surface area contributed by atoms with Crippen molar-refractivity contribution in [1.29, 1.82) is 0 Å². The standard InChI is InChI=1S/C29H33N3O4S/c33-26-7-6-24(27(34)31-26)32-15-23-22(28(32)35)2-1-3-25(23)37-16-21-5-4-20(36-21)14-30-29-11-17-8-18(12-29)10-19(9-17)13-29/h1-5,17-19,24,30H,6-16H2,(H,31,33,34). The highest BCUT2D eigenvalue weighted by Crippen LogP contribution is 2.55. The maximum absolute atomic E-state index is 13.1. The molecule has 0 radical (unpaired) electrons. The number of amides is 3. The zero-order valence-corrected chi connectivity index (χ0v) is 21.8. The van der Waals surface area contributed by atoms with Gasteiger partial charge in [-0.05, 0) is 92.5 Å². The fourth-order valence-electron chi connectivity index (χ4n) is 8.04. The summed E-state index contributed by atoms with van der Waals surface area (Å²) in [7, 11) is 0. The van der Waals surface area contributed by atoms with Gasteiger partial charge in [0.1, 0.15) is 17.6 Å². The summed E-state index contributed by atoms with van der Waals surface area (Å²) in [6, 6.07) is 9.32. The number of rotatable bonds is 7. The number of fused-ring (bicyclic) bond motifs is 1. The smallest absolute Gasteiger partial charge is 0.255 e. The van der Waals surface area contributed by atoms with Gasteiger partial charge in [-0.25, -0.2) is 0 Å². The van der Waals surface area contributed by atoms with Crippen molar-refractivity contribution in [3.05, 3.63) is 53.0 Å². The summed E-state index contributed by atoms with van der Waals surface area (Å²) >= 11 is 1.66. The van der Waals surface area contributed by atoms with Crippen LogP contribution in [0.3, 0.4) is 0 Å². The summed E-state index contributed by atoms with van der Waals surface area (Å²) in [6.45, 7) is 1.18. The number of carbonyl (C=O) groups excluding carboxylic acids is 3. The molecular formula is C29H33N3O4S. The van der Waals surface area contributed by atoms with Gasteiger partial charge in [0.15, 0.2) is 0 Å². The summed E-state index contributed by atoms with van der Waals surface area (Å²) < 4.78 is 6.20. The molecule has 37 heavy (non-hydrogen) atoms. The summed E-state index contributed by atoms with van der Waals surface area (Å²) in [5.41, 5.74) is 1.93. The Morgan fingerprint density at radius 1 is 1.00 bits per heavy atom. The molecule has 3 amide bonds. The Morgan fingerprint density at radius 3 is 2.46 bits per heavy atom. The second-order valence-corrected chi connectivity index (χ2v) is 12.9. The number of carbonyl (C=O) groups is 3. The number of nitrogens with one attached hydrogen (secondary N) is 2. The molecule has 0 spiro atoms. The third kappa shape index (κ3) is 4.32. The molecule has 2 N–H and O–H groups in total. The summed E-state index contributed by atoms with van der Waals surface area (Å²) in [5.74, 6) is 4.58. The van der Waals surface area contributed by atoms with Crippen molar-refractivity contribution in [2.45, 2.75) is 86.7 Å². The zero-order valence-electron chi connectivity index (χ0n) is 21.0. The average molecular weight is 520 g/mol. The van der Waals surface area contributed by atoms with E-state index in [0.29, 0.717) is 29.8 Å². The quantitative estimate of drug-likeness (QED) is 0.416. The Bertz CT molecular complexity index is 1230. The third-order valence-corrected chi connectivity index (χ3v) is 10.4. The minimum absolute atomic E-state index is 0.136.